The molecule has 2 rings (SSSR count). The number of piperazine rings is 1. The van der Waals surface area contributed by atoms with E-state index in [9.17, 15) is 0 Å². The van der Waals surface area contributed by atoms with Gasteiger partial charge in [0.1, 0.15) is 5.82 Å². The number of nitrogens with zero attached hydrogens (tertiary/aromatic N) is 4. The molecule has 1 aromatic heterocycles. The highest BCUT2D eigenvalue weighted by Crippen LogP contribution is 2.26. The van der Waals surface area contributed by atoms with Crippen LogP contribution in [0.25, 0.3) is 0 Å². The van der Waals surface area contributed by atoms with Crippen LogP contribution in [0.1, 0.15) is 18.2 Å². The number of hydrogen-bond acceptors (Lipinski definition) is 5. The highest BCUT2D eigenvalue weighted by molar-refractivity contribution is 5.51. The van der Waals surface area contributed by atoms with Crippen molar-refractivity contribution in [2.24, 2.45) is 7.05 Å². The van der Waals surface area contributed by atoms with Crippen LogP contribution in [-0.4, -0.2) is 67.7 Å². The first kappa shape index (κ1) is 16.3. The number of likely N-dealkylation sites (N-methyl/N-ethyl adjacent to an activating group) is 1. The molecule has 0 aliphatic carbocycles. The second kappa shape index (κ2) is 7.24. The molecule has 1 atom stereocenters. The Morgan fingerprint density at radius 3 is 2.76 bits per heavy atom. The molecule has 120 valence electrons. The molecule has 0 radical (unpaired) electrons. The number of hydrogen-bond donors (Lipinski definition) is 1. The van der Waals surface area contributed by atoms with Crippen LogP contribution in [0.3, 0.4) is 0 Å². The van der Waals surface area contributed by atoms with E-state index in [1.54, 1.807) is 7.11 Å². The molecule has 1 N–H and O–H groups in total. The molecule has 0 bridgehead atoms. The maximum absolute atomic E-state index is 5.09. The van der Waals surface area contributed by atoms with Crippen LogP contribution in [0.2, 0.25) is 0 Å². The second-order valence-electron chi connectivity index (χ2n) is 5.99. The van der Waals surface area contributed by atoms with Gasteiger partial charge in [0.15, 0.2) is 0 Å². The second-order valence-corrected chi connectivity index (χ2v) is 5.99. The predicted molar refractivity (Wildman–Crippen MR) is 85.8 cm³/mol. The molecule has 1 aliphatic heterocycles. The smallest absolute Gasteiger partial charge is 0.131 e. The number of nitrogens with one attached hydrogen (secondary N) is 1. The summed E-state index contributed by atoms with van der Waals surface area (Å²) in [6.07, 6.45) is 0. The number of anilines is 1. The monoisotopic (exact) mass is 295 g/mol. The number of aryl methyl sites for hydroxylation is 2. The molecule has 1 unspecified atom stereocenters. The first-order chi connectivity index (χ1) is 10.0. The maximum Gasteiger partial charge on any atom is 0.131 e. The van der Waals surface area contributed by atoms with Crippen molar-refractivity contribution in [3.8, 4) is 0 Å². The van der Waals surface area contributed by atoms with Gasteiger partial charge in [0.2, 0.25) is 0 Å². The van der Waals surface area contributed by atoms with Gasteiger partial charge in [0.25, 0.3) is 0 Å². The summed E-state index contributed by atoms with van der Waals surface area (Å²) in [6.45, 7) is 10.1. The zero-order valence-corrected chi connectivity index (χ0v) is 14.0. The molecular formula is C15H29N5O. The summed E-state index contributed by atoms with van der Waals surface area (Å²) >= 11 is 0. The SMILES string of the molecule is COCCNCc1c(C)nn(C)c1N1CCN(C)CC1C. The van der Waals surface area contributed by atoms with Crippen molar-refractivity contribution >= 4 is 5.82 Å². The molecule has 0 spiro atoms. The van der Waals surface area contributed by atoms with E-state index < -0.39 is 0 Å². The van der Waals surface area contributed by atoms with Crippen LogP contribution in [0.15, 0.2) is 0 Å². The van der Waals surface area contributed by atoms with Gasteiger partial charge in [-0.25, -0.2) is 0 Å². The molecule has 2 heterocycles. The minimum Gasteiger partial charge on any atom is -0.383 e. The number of rotatable bonds is 6. The highest BCUT2D eigenvalue weighted by atomic mass is 16.5. The number of methoxy groups -OCH3 is 1. The van der Waals surface area contributed by atoms with Crippen molar-refractivity contribution in [2.75, 3.05) is 51.8 Å². The minimum atomic E-state index is 0.510. The summed E-state index contributed by atoms with van der Waals surface area (Å²) in [5.74, 6) is 1.26. The summed E-state index contributed by atoms with van der Waals surface area (Å²) < 4.78 is 7.12. The van der Waals surface area contributed by atoms with E-state index >= 15 is 0 Å². The van der Waals surface area contributed by atoms with Gasteiger partial charge >= 0.3 is 0 Å². The van der Waals surface area contributed by atoms with Crippen molar-refractivity contribution in [2.45, 2.75) is 26.4 Å². The summed E-state index contributed by atoms with van der Waals surface area (Å²) in [7, 11) is 5.97. The fourth-order valence-corrected chi connectivity index (χ4v) is 3.10. The van der Waals surface area contributed by atoms with Crippen LogP contribution >= 0.6 is 0 Å². The third-order valence-corrected chi connectivity index (χ3v) is 4.20. The Labute approximate surface area is 128 Å². The topological polar surface area (TPSA) is 45.6 Å². The van der Waals surface area contributed by atoms with Gasteiger partial charge in [-0.05, 0) is 20.9 Å². The van der Waals surface area contributed by atoms with Crippen molar-refractivity contribution in [1.29, 1.82) is 0 Å². The van der Waals surface area contributed by atoms with Crippen molar-refractivity contribution in [1.82, 2.24) is 20.0 Å². The molecule has 1 aromatic rings. The Bertz CT molecular complexity index is 459. The third-order valence-electron chi connectivity index (χ3n) is 4.20. The molecule has 1 saturated heterocycles. The van der Waals surface area contributed by atoms with Crippen molar-refractivity contribution < 1.29 is 4.74 Å². The maximum atomic E-state index is 5.09. The summed E-state index contributed by atoms with van der Waals surface area (Å²) in [5.41, 5.74) is 2.42. The lowest BCUT2D eigenvalue weighted by atomic mass is 10.1. The average Bonchev–Trinajstić information content (AvgIpc) is 2.70. The van der Waals surface area contributed by atoms with E-state index in [-0.39, 0.29) is 0 Å². The van der Waals surface area contributed by atoms with Crippen LogP contribution in [-0.2, 0) is 18.3 Å². The lowest BCUT2D eigenvalue weighted by Gasteiger charge is -2.40. The lowest BCUT2D eigenvalue weighted by molar-refractivity contribution is 0.199. The minimum absolute atomic E-state index is 0.510. The van der Waals surface area contributed by atoms with E-state index in [0.717, 1.165) is 45.0 Å². The van der Waals surface area contributed by atoms with Gasteiger partial charge in [0, 0.05) is 58.5 Å². The highest BCUT2D eigenvalue weighted by Gasteiger charge is 2.27. The molecule has 21 heavy (non-hydrogen) atoms. The van der Waals surface area contributed by atoms with Gasteiger partial charge in [-0.3, -0.25) is 4.68 Å². The third kappa shape index (κ3) is 3.75. The standard InChI is InChI=1S/C15H29N5O/c1-12-11-18(3)7-8-20(12)15-14(10-16-6-9-21-5)13(2)17-19(15)4/h12,16H,6-11H2,1-5H3. The van der Waals surface area contributed by atoms with Gasteiger partial charge in [-0.1, -0.05) is 0 Å². The van der Waals surface area contributed by atoms with Crippen LogP contribution in [0, 0.1) is 6.92 Å². The molecule has 0 amide bonds. The Hall–Kier alpha value is -1.11. The van der Waals surface area contributed by atoms with Gasteiger partial charge in [-0.2, -0.15) is 5.10 Å². The van der Waals surface area contributed by atoms with E-state index in [1.165, 1.54) is 11.4 Å². The van der Waals surface area contributed by atoms with Crippen molar-refractivity contribution in [3.63, 3.8) is 0 Å². The Balaban J connectivity index is 2.14. The average molecular weight is 295 g/mol. The Morgan fingerprint density at radius 1 is 1.33 bits per heavy atom. The van der Waals surface area contributed by atoms with Gasteiger partial charge < -0.3 is 19.9 Å². The normalized spacial score (nSPS) is 20.2. The molecule has 0 aromatic carbocycles. The molecule has 0 saturated carbocycles. The quantitative estimate of drug-likeness (QED) is 0.779. The zero-order valence-electron chi connectivity index (χ0n) is 14.0. The van der Waals surface area contributed by atoms with E-state index in [0.29, 0.717) is 6.04 Å². The van der Waals surface area contributed by atoms with Gasteiger partial charge in [0.05, 0.1) is 12.3 Å². The number of ether oxygens (including phenoxy) is 1. The van der Waals surface area contributed by atoms with Crippen molar-refractivity contribution in [3.05, 3.63) is 11.3 Å². The summed E-state index contributed by atoms with van der Waals surface area (Å²) in [4.78, 5) is 4.88. The van der Waals surface area contributed by atoms with Crippen LogP contribution in [0.5, 0.6) is 0 Å². The first-order valence-corrected chi connectivity index (χ1v) is 7.72. The fourth-order valence-electron chi connectivity index (χ4n) is 3.10. The Morgan fingerprint density at radius 2 is 2.10 bits per heavy atom. The molecule has 1 aliphatic rings. The van der Waals surface area contributed by atoms with E-state index in [1.807, 2.05) is 11.7 Å². The first-order valence-electron chi connectivity index (χ1n) is 7.72. The van der Waals surface area contributed by atoms with E-state index in [2.05, 4.69) is 41.1 Å². The Kier molecular flexibility index (Phi) is 5.61. The van der Waals surface area contributed by atoms with Crippen LogP contribution in [0.4, 0.5) is 5.82 Å². The molecule has 1 fully saturated rings. The summed E-state index contributed by atoms with van der Waals surface area (Å²) in [6, 6.07) is 0.510. The van der Waals surface area contributed by atoms with Crippen LogP contribution < -0.4 is 10.2 Å². The largest absolute Gasteiger partial charge is 0.383 e. The lowest BCUT2D eigenvalue weighted by Crippen LogP contribution is -2.51. The van der Waals surface area contributed by atoms with Gasteiger partial charge in [-0.15, -0.1) is 0 Å². The fraction of sp³-hybridized carbons (Fsp3) is 0.800. The number of aromatic nitrogens is 2. The predicted octanol–water partition coefficient (Wildman–Crippen LogP) is 0.605. The zero-order chi connectivity index (χ0) is 15.4. The summed E-state index contributed by atoms with van der Waals surface area (Å²) in [5, 5.41) is 8.07. The molecular weight excluding hydrogens is 266 g/mol. The molecule has 6 nitrogen and oxygen atoms in total. The van der Waals surface area contributed by atoms with E-state index in [4.69, 9.17) is 4.74 Å². The molecule has 6 heteroatoms.